The number of hydrogen-bond donors (Lipinski definition) is 1. The Balaban J connectivity index is 2.18. The normalized spacial score (nSPS) is 10.5. The van der Waals surface area contributed by atoms with Crippen molar-refractivity contribution in [3.8, 4) is 11.5 Å². The molecule has 9 heteroatoms. The molecule has 0 aliphatic rings. The van der Waals surface area contributed by atoms with Crippen molar-refractivity contribution in [1.29, 1.82) is 0 Å². The maximum atomic E-state index is 13.8. The fraction of sp³-hybridized carbons (Fsp3) is 0.333. The number of benzene rings is 2. The minimum absolute atomic E-state index is 0.252. The number of carbonyl (C=O) groups is 2. The maximum absolute atomic E-state index is 13.8. The van der Waals surface area contributed by atoms with Crippen LogP contribution in [0.15, 0.2) is 30.3 Å². The van der Waals surface area contributed by atoms with E-state index in [0.717, 1.165) is 6.07 Å². The fourth-order valence-corrected chi connectivity index (χ4v) is 2.77. The number of anilines is 1. The number of amides is 2. The highest BCUT2D eigenvalue weighted by Crippen LogP contribution is 2.28. The number of nitrogens with zero attached hydrogens (tertiary/aromatic N) is 1. The van der Waals surface area contributed by atoms with Gasteiger partial charge in [-0.1, -0.05) is 6.92 Å². The van der Waals surface area contributed by atoms with E-state index >= 15 is 0 Å². The summed E-state index contributed by atoms with van der Waals surface area (Å²) in [7, 11) is 1.44. The predicted molar refractivity (Wildman–Crippen MR) is 105 cm³/mol. The third kappa shape index (κ3) is 5.43. The molecule has 0 fully saturated rings. The van der Waals surface area contributed by atoms with Gasteiger partial charge in [0.05, 0.1) is 19.4 Å². The standard InChI is InChI=1S/C21H23F3N2O4/c1-4-10-26(12-18(27)25-15-8-7-14(22)19(23)20(15)24)21(28)13-6-9-16(30-5-2)17(11-13)29-3/h6-9,11H,4-5,10,12H2,1-3H3,(H,25,27). The van der Waals surface area contributed by atoms with Crippen molar-refractivity contribution in [3.63, 3.8) is 0 Å². The average molecular weight is 424 g/mol. The lowest BCUT2D eigenvalue weighted by molar-refractivity contribution is -0.116. The van der Waals surface area contributed by atoms with Gasteiger partial charge in [-0.3, -0.25) is 9.59 Å². The smallest absolute Gasteiger partial charge is 0.254 e. The third-order valence-corrected chi connectivity index (χ3v) is 4.13. The van der Waals surface area contributed by atoms with E-state index in [4.69, 9.17) is 9.47 Å². The molecule has 6 nitrogen and oxygen atoms in total. The van der Waals surface area contributed by atoms with Gasteiger partial charge in [0.25, 0.3) is 5.91 Å². The van der Waals surface area contributed by atoms with Gasteiger partial charge in [-0.05, 0) is 43.7 Å². The monoisotopic (exact) mass is 424 g/mol. The summed E-state index contributed by atoms with van der Waals surface area (Å²) in [6.45, 7) is 3.91. The Labute approximate surface area is 172 Å². The van der Waals surface area contributed by atoms with Crippen LogP contribution in [0.5, 0.6) is 11.5 Å². The highest BCUT2D eigenvalue weighted by molar-refractivity contribution is 5.99. The van der Waals surface area contributed by atoms with Crippen LogP contribution in [-0.4, -0.2) is 43.5 Å². The molecule has 0 atom stereocenters. The molecule has 0 bridgehead atoms. The molecule has 0 aliphatic carbocycles. The van der Waals surface area contributed by atoms with Gasteiger partial charge in [-0.2, -0.15) is 0 Å². The first kappa shape index (κ1) is 23.1. The highest BCUT2D eigenvalue weighted by Gasteiger charge is 2.21. The van der Waals surface area contributed by atoms with Gasteiger partial charge in [-0.25, -0.2) is 13.2 Å². The number of methoxy groups -OCH3 is 1. The van der Waals surface area contributed by atoms with E-state index in [2.05, 4.69) is 5.32 Å². The summed E-state index contributed by atoms with van der Waals surface area (Å²) in [6, 6.07) is 6.26. The van der Waals surface area contributed by atoms with Crippen LogP contribution in [0.3, 0.4) is 0 Å². The maximum Gasteiger partial charge on any atom is 0.254 e. The number of hydrogen-bond acceptors (Lipinski definition) is 4. The van der Waals surface area contributed by atoms with E-state index < -0.39 is 41.5 Å². The molecule has 2 amide bonds. The first-order chi connectivity index (χ1) is 14.3. The largest absolute Gasteiger partial charge is 0.493 e. The molecule has 0 radical (unpaired) electrons. The summed E-state index contributed by atoms with van der Waals surface area (Å²) < 4.78 is 50.8. The van der Waals surface area contributed by atoms with Gasteiger partial charge in [0.2, 0.25) is 5.91 Å². The van der Waals surface area contributed by atoms with E-state index in [0.29, 0.717) is 30.6 Å². The molecule has 0 spiro atoms. The van der Waals surface area contributed by atoms with Crippen LogP contribution in [0.1, 0.15) is 30.6 Å². The van der Waals surface area contributed by atoms with Crippen LogP contribution in [0, 0.1) is 17.5 Å². The van der Waals surface area contributed by atoms with Gasteiger partial charge in [0.1, 0.15) is 6.54 Å². The van der Waals surface area contributed by atoms with Crippen molar-refractivity contribution >= 4 is 17.5 Å². The summed E-state index contributed by atoms with van der Waals surface area (Å²) in [5.41, 5.74) is -0.235. The second kappa shape index (κ2) is 10.5. The summed E-state index contributed by atoms with van der Waals surface area (Å²) in [5.74, 6) is -4.90. The SMILES string of the molecule is CCCN(CC(=O)Nc1ccc(F)c(F)c1F)C(=O)c1ccc(OCC)c(OC)c1. The zero-order valence-electron chi connectivity index (χ0n) is 16.9. The molecular weight excluding hydrogens is 401 g/mol. The number of rotatable bonds is 9. The zero-order chi connectivity index (χ0) is 22.3. The molecule has 0 heterocycles. The second-order valence-corrected chi connectivity index (χ2v) is 6.30. The summed E-state index contributed by atoms with van der Waals surface area (Å²) in [6.07, 6.45) is 0.562. The predicted octanol–water partition coefficient (Wildman–Crippen LogP) is 4.00. The van der Waals surface area contributed by atoms with Crippen molar-refractivity contribution < 1.29 is 32.2 Å². The van der Waals surface area contributed by atoms with Crippen LogP contribution in [0.2, 0.25) is 0 Å². The third-order valence-electron chi connectivity index (χ3n) is 4.13. The molecule has 0 saturated heterocycles. The van der Waals surface area contributed by atoms with E-state index in [1.807, 2.05) is 13.8 Å². The Morgan fingerprint density at radius 3 is 2.40 bits per heavy atom. The van der Waals surface area contributed by atoms with Crippen LogP contribution < -0.4 is 14.8 Å². The molecule has 1 N–H and O–H groups in total. The van der Waals surface area contributed by atoms with Crippen LogP contribution in [0.4, 0.5) is 18.9 Å². The van der Waals surface area contributed by atoms with Crippen molar-refractivity contribution in [2.45, 2.75) is 20.3 Å². The van der Waals surface area contributed by atoms with Crippen molar-refractivity contribution in [3.05, 3.63) is 53.3 Å². The Morgan fingerprint density at radius 2 is 1.77 bits per heavy atom. The molecule has 162 valence electrons. The Kier molecular flexibility index (Phi) is 8.08. The lowest BCUT2D eigenvalue weighted by Crippen LogP contribution is -2.38. The number of halogens is 3. The van der Waals surface area contributed by atoms with Crippen LogP contribution in [0.25, 0.3) is 0 Å². The van der Waals surface area contributed by atoms with Crippen molar-refractivity contribution in [2.75, 3.05) is 32.1 Å². The van der Waals surface area contributed by atoms with Crippen LogP contribution >= 0.6 is 0 Å². The van der Waals surface area contributed by atoms with Crippen molar-refractivity contribution in [1.82, 2.24) is 4.90 Å². The summed E-state index contributed by atoms with van der Waals surface area (Å²) >= 11 is 0. The molecule has 2 aromatic rings. The number of nitrogens with one attached hydrogen (secondary N) is 1. The first-order valence-electron chi connectivity index (χ1n) is 9.35. The number of carbonyl (C=O) groups excluding carboxylic acids is 2. The first-order valence-corrected chi connectivity index (χ1v) is 9.35. The van der Waals surface area contributed by atoms with Gasteiger partial charge >= 0.3 is 0 Å². The average Bonchev–Trinajstić information content (AvgIpc) is 2.74. The minimum atomic E-state index is -1.68. The Morgan fingerprint density at radius 1 is 1.03 bits per heavy atom. The van der Waals surface area contributed by atoms with E-state index in [9.17, 15) is 22.8 Å². The molecule has 0 aromatic heterocycles. The van der Waals surface area contributed by atoms with Gasteiger partial charge in [0.15, 0.2) is 29.0 Å². The highest BCUT2D eigenvalue weighted by atomic mass is 19.2. The fourth-order valence-electron chi connectivity index (χ4n) is 2.77. The van der Waals surface area contributed by atoms with Gasteiger partial charge < -0.3 is 19.7 Å². The minimum Gasteiger partial charge on any atom is -0.493 e. The Hall–Kier alpha value is -3.23. The van der Waals surface area contributed by atoms with Gasteiger partial charge in [0, 0.05) is 12.1 Å². The molecule has 2 aromatic carbocycles. The van der Waals surface area contributed by atoms with E-state index in [-0.39, 0.29) is 12.1 Å². The van der Waals surface area contributed by atoms with E-state index in [1.54, 1.807) is 12.1 Å². The summed E-state index contributed by atoms with van der Waals surface area (Å²) in [5, 5.41) is 2.16. The quantitative estimate of drug-likeness (QED) is 0.618. The topological polar surface area (TPSA) is 67.9 Å². The lowest BCUT2D eigenvalue weighted by Gasteiger charge is -2.22. The second-order valence-electron chi connectivity index (χ2n) is 6.30. The van der Waals surface area contributed by atoms with Gasteiger partial charge in [-0.15, -0.1) is 0 Å². The van der Waals surface area contributed by atoms with E-state index in [1.165, 1.54) is 18.1 Å². The van der Waals surface area contributed by atoms with Crippen LogP contribution in [-0.2, 0) is 4.79 Å². The number of ether oxygens (including phenoxy) is 2. The molecule has 0 saturated carbocycles. The summed E-state index contributed by atoms with van der Waals surface area (Å²) in [4.78, 5) is 26.5. The molecule has 0 aliphatic heterocycles. The molecule has 30 heavy (non-hydrogen) atoms. The van der Waals surface area contributed by atoms with Crippen molar-refractivity contribution in [2.24, 2.45) is 0 Å². The molecular formula is C21H23F3N2O4. The zero-order valence-corrected chi connectivity index (χ0v) is 16.9. The molecule has 2 rings (SSSR count). The lowest BCUT2D eigenvalue weighted by atomic mass is 10.1. The molecule has 0 unspecified atom stereocenters. The Bertz CT molecular complexity index is 921.